The largest absolute Gasteiger partial charge is 0.310 e. The third kappa shape index (κ3) is 6.19. The van der Waals surface area contributed by atoms with Gasteiger partial charge in [0.2, 0.25) is 0 Å². The molecule has 1 nitrogen and oxygen atoms in total. The number of nitrogens with zero attached hydrogens (tertiary/aromatic N) is 1. The lowest BCUT2D eigenvalue weighted by Gasteiger charge is -2.42. The lowest BCUT2D eigenvalue weighted by atomic mass is 9.63. The van der Waals surface area contributed by atoms with E-state index in [9.17, 15) is 0 Å². The summed E-state index contributed by atoms with van der Waals surface area (Å²) in [6.07, 6.45) is 2.43. The van der Waals surface area contributed by atoms with Crippen LogP contribution in [0.4, 0.5) is 17.1 Å². The fraction of sp³-hybridized carbons (Fsp3) is 0.143. The van der Waals surface area contributed by atoms with Crippen molar-refractivity contribution >= 4 is 49.4 Å². The second-order valence-electron chi connectivity index (χ2n) is 17.2. The highest BCUT2D eigenvalue weighted by Crippen LogP contribution is 2.47. The van der Waals surface area contributed by atoms with Gasteiger partial charge >= 0.3 is 0 Å². The van der Waals surface area contributed by atoms with Crippen molar-refractivity contribution in [3.8, 4) is 33.4 Å². The molecular weight excluding hydrogens is 687 g/mol. The molecule has 0 aromatic heterocycles. The van der Waals surface area contributed by atoms with Gasteiger partial charge in [0.05, 0.1) is 0 Å². The molecule has 1 aliphatic rings. The van der Waals surface area contributed by atoms with Crippen LogP contribution in [0, 0.1) is 0 Å². The van der Waals surface area contributed by atoms with Crippen LogP contribution in [-0.4, -0.2) is 0 Å². The summed E-state index contributed by atoms with van der Waals surface area (Å²) in [5.74, 6) is 0. The highest BCUT2D eigenvalue weighted by Gasteiger charge is 2.37. The van der Waals surface area contributed by atoms with Gasteiger partial charge in [-0.15, -0.1) is 0 Å². The van der Waals surface area contributed by atoms with Crippen molar-refractivity contribution in [3.63, 3.8) is 0 Å². The average molecular weight is 734 g/mol. The zero-order valence-corrected chi connectivity index (χ0v) is 33.3. The van der Waals surface area contributed by atoms with Crippen LogP contribution in [0.5, 0.6) is 0 Å². The van der Waals surface area contributed by atoms with E-state index < -0.39 is 0 Å². The number of hydrogen-bond acceptors (Lipinski definition) is 1. The first kappa shape index (κ1) is 35.0. The minimum Gasteiger partial charge on any atom is -0.310 e. The number of anilines is 3. The van der Waals surface area contributed by atoms with Gasteiger partial charge < -0.3 is 4.90 Å². The van der Waals surface area contributed by atoms with E-state index in [2.05, 4.69) is 221 Å². The summed E-state index contributed by atoms with van der Waals surface area (Å²) in [7, 11) is 0. The number of benzene rings is 9. The molecule has 0 bridgehead atoms. The van der Waals surface area contributed by atoms with Gasteiger partial charge in [0.1, 0.15) is 0 Å². The van der Waals surface area contributed by atoms with E-state index in [0.29, 0.717) is 0 Å². The molecule has 0 aliphatic heterocycles. The van der Waals surface area contributed by atoms with Crippen LogP contribution in [0.3, 0.4) is 0 Å². The van der Waals surface area contributed by atoms with Crippen molar-refractivity contribution in [3.05, 3.63) is 199 Å². The molecule has 1 aliphatic carbocycles. The van der Waals surface area contributed by atoms with Crippen LogP contribution >= 0.6 is 0 Å². The molecule has 0 unspecified atom stereocenters. The zero-order valence-electron chi connectivity index (χ0n) is 33.3. The topological polar surface area (TPSA) is 3.24 Å². The number of rotatable bonds is 6. The molecule has 1 heteroatoms. The van der Waals surface area contributed by atoms with E-state index in [1.165, 1.54) is 89.7 Å². The van der Waals surface area contributed by atoms with Gasteiger partial charge in [-0.2, -0.15) is 0 Å². The summed E-state index contributed by atoms with van der Waals surface area (Å²) < 4.78 is 0. The SMILES string of the molecule is CC1(C)CCC(C)(C)c2cc(-c3ccc(N(c4ccc(-c5cc6ccccc6c6ccccc56)cc4)c4cccc(-c5cccc6ccccc56)c4)cc3)ccc21. The van der Waals surface area contributed by atoms with E-state index in [1.54, 1.807) is 0 Å². The monoisotopic (exact) mass is 733 g/mol. The minimum atomic E-state index is 0.165. The highest BCUT2D eigenvalue weighted by molar-refractivity contribution is 6.13. The van der Waals surface area contributed by atoms with Gasteiger partial charge in [-0.05, 0) is 143 Å². The molecule has 0 saturated carbocycles. The lowest BCUT2D eigenvalue weighted by molar-refractivity contribution is 0.332. The molecule has 10 rings (SSSR count). The van der Waals surface area contributed by atoms with Gasteiger partial charge in [-0.25, -0.2) is 0 Å². The Morgan fingerprint density at radius 3 is 1.63 bits per heavy atom. The highest BCUT2D eigenvalue weighted by atomic mass is 15.1. The second-order valence-corrected chi connectivity index (χ2v) is 17.2. The quantitative estimate of drug-likeness (QED) is 0.154. The van der Waals surface area contributed by atoms with Crippen LogP contribution in [0.25, 0.3) is 65.7 Å². The van der Waals surface area contributed by atoms with E-state index >= 15 is 0 Å². The predicted molar refractivity (Wildman–Crippen MR) is 245 cm³/mol. The molecule has 57 heavy (non-hydrogen) atoms. The van der Waals surface area contributed by atoms with E-state index in [4.69, 9.17) is 0 Å². The summed E-state index contributed by atoms with van der Waals surface area (Å²) in [5, 5.41) is 7.61. The Labute approximate surface area is 336 Å². The molecule has 0 fully saturated rings. The van der Waals surface area contributed by atoms with Gasteiger partial charge in [0.25, 0.3) is 0 Å². The van der Waals surface area contributed by atoms with E-state index in [1.807, 2.05) is 0 Å². The van der Waals surface area contributed by atoms with Crippen LogP contribution in [0.15, 0.2) is 188 Å². The summed E-state index contributed by atoms with van der Waals surface area (Å²) in [6.45, 7) is 9.61. The molecule has 9 aromatic carbocycles. The molecular formula is C56H47N. The maximum absolute atomic E-state index is 2.46. The van der Waals surface area contributed by atoms with E-state index in [0.717, 1.165) is 17.1 Å². The summed E-state index contributed by atoms with van der Waals surface area (Å²) in [5.41, 5.74) is 14.1. The standard InChI is InChI=1S/C56H47N/c1-55(2)33-34-56(3,4)54-37-41(27-32-53(54)55)38-23-28-44(29-24-38)57(46-17-11-16-42(35-46)48-22-12-15-39-13-5-7-18-47(39)48)45-30-25-40(26-31-45)52-36-43-14-6-8-19-49(43)50-20-9-10-21-51(50)52/h5-32,35-37H,33-34H2,1-4H3. The Bertz CT molecular complexity index is 2940. The van der Waals surface area contributed by atoms with Crippen LogP contribution in [-0.2, 0) is 10.8 Å². The first-order chi connectivity index (χ1) is 27.7. The fourth-order valence-corrected chi connectivity index (χ4v) is 9.39. The molecule has 9 aromatic rings. The zero-order chi connectivity index (χ0) is 38.7. The molecule has 0 saturated heterocycles. The summed E-state index contributed by atoms with van der Waals surface area (Å²) in [6, 6.07) is 69.6. The average Bonchev–Trinajstić information content (AvgIpc) is 3.25. The number of fused-ring (bicyclic) bond motifs is 5. The Balaban J connectivity index is 1.08. The molecule has 0 amide bonds. The third-order valence-corrected chi connectivity index (χ3v) is 12.7. The summed E-state index contributed by atoms with van der Waals surface area (Å²) in [4.78, 5) is 2.40. The van der Waals surface area contributed by atoms with E-state index in [-0.39, 0.29) is 10.8 Å². The van der Waals surface area contributed by atoms with Crippen molar-refractivity contribution in [1.82, 2.24) is 0 Å². The molecule has 0 spiro atoms. The minimum absolute atomic E-state index is 0.165. The Hall–Kier alpha value is -6.44. The van der Waals surface area contributed by atoms with Gasteiger partial charge in [0, 0.05) is 17.1 Å². The smallest absolute Gasteiger partial charge is 0.0467 e. The van der Waals surface area contributed by atoms with Crippen LogP contribution < -0.4 is 4.90 Å². The first-order valence-electron chi connectivity index (χ1n) is 20.4. The molecule has 0 radical (unpaired) electrons. The first-order valence-corrected chi connectivity index (χ1v) is 20.4. The van der Waals surface area contributed by atoms with Gasteiger partial charge in [-0.1, -0.05) is 173 Å². The third-order valence-electron chi connectivity index (χ3n) is 12.7. The Morgan fingerprint density at radius 2 is 0.895 bits per heavy atom. The van der Waals surface area contributed by atoms with Crippen molar-refractivity contribution in [2.24, 2.45) is 0 Å². The molecule has 0 N–H and O–H groups in total. The Kier molecular flexibility index (Phi) is 8.38. The number of hydrogen-bond donors (Lipinski definition) is 0. The Morgan fingerprint density at radius 1 is 0.333 bits per heavy atom. The molecule has 276 valence electrons. The van der Waals surface area contributed by atoms with Crippen LogP contribution in [0.1, 0.15) is 51.7 Å². The van der Waals surface area contributed by atoms with Crippen molar-refractivity contribution in [2.45, 2.75) is 51.4 Å². The maximum atomic E-state index is 2.46. The predicted octanol–water partition coefficient (Wildman–Crippen LogP) is 16.0. The molecule has 0 atom stereocenters. The fourth-order valence-electron chi connectivity index (χ4n) is 9.39. The van der Waals surface area contributed by atoms with Crippen molar-refractivity contribution < 1.29 is 0 Å². The maximum Gasteiger partial charge on any atom is 0.0467 e. The summed E-state index contributed by atoms with van der Waals surface area (Å²) >= 11 is 0. The van der Waals surface area contributed by atoms with Crippen molar-refractivity contribution in [2.75, 3.05) is 4.90 Å². The lowest BCUT2D eigenvalue weighted by Crippen LogP contribution is -2.33. The van der Waals surface area contributed by atoms with Crippen molar-refractivity contribution in [1.29, 1.82) is 0 Å². The van der Waals surface area contributed by atoms with Gasteiger partial charge in [0.15, 0.2) is 0 Å². The van der Waals surface area contributed by atoms with Crippen LogP contribution in [0.2, 0.25) is 0 Å². The normalized spacial score (nSPS) is 14.5. The molecule has 0 heterocycles. The second kappa shape index (κ2) is 13.6. The van der Waals surface area contributed by atoms with Gasteiger partial charge in [-0.3, -0.25) is 0 Å².